The van der Waals surface area contributed by atoms with E-state index >= 15 is 0 Å². The molecule has 0 spiro atoms. The van der Waals surface area contributed by atoms with Crippen LogP contribution in [0.5, 0.6) is 0 Å². The summed E-state index contributed by atoms with van der Waals surface area (Å²) in [5.41, 5.74) is 9.55. The Labute approximate surface area is 163 Å². The normalized spacial score (nSPS) is 17.0. The first kappa shape index (κ1) is 19.1. The van der Waals surface area contributed by atoms with Gasteiger partial charge in [-0.15, -0.1) is 0 Å². The smallest absolute Gasteiger partial charge is 0.248 e. The second kappa shape index (κ2) is 8.80. The molecule has 0 bridgehead atoms. The fourth-order valence-electron chi connectivity index (χ4n) is 3.36. The molecule has 138 valence electrons. The van der Waals surface area contributed by atoms with Crippen LogP contribution in [0.1, 0.15) is 39.9 Å². The summed E-state index contributed by atoms with van der Waals surface area (Å²) in [5, 5.41) is 0. The van der Waals surface area contributed by atoms with E-state index in [2.05, 4.69) is 46.0 Å². The van der Waals surface area contributed by atoms with Crippen LogP contribution in [0.3, 0.4) is 0 Å². The molecule has 2 aromatic carbocycles. The summed E-state index contributed by atoms with van der Waals surface area (Å²) in [6, 6.07) is 14.0. The zero-order valence-corrected chi connectivity index (χ0v) is 16.7. The molecule has 1 aliphatic heterocycles. The molecule has 4 nitrogen and oxygen atoms in total. The molecule has 2 N–H and O–H groups in total. The molecule has 1 aliphatic rings. The van der Waals surface area contributed by atoms with Gasteiger partial charge in [0, 0.05) is 36.3 Å². The lowest BCUT2D eigenvalue weighted by Crippen LogP contribution is -2.31. The minimum atomic E-state index is -0.390. The molecule has 0 radical (unpaired) electrons. The van der Waals surface area contributed by atoms with Crippen LogP contribution >= 0.6 is 15.9 Å². The highest BCUT2D eigenvalue weighted by Gasteiger charge is 2.20. The van der Waals surface area contributed by atoms with Gasteiger partial charge in [-0.1, -0.05) is 40.2 Å². The summed E-state index contributed by atoms with van der Waals surface area (Å²) < 4.78 is 6.97. The number of rotatable bonds is 7. The number of carbonyl (C=O) groups is 1. The van der Waals surface area contributed by atoms with Gasteiger partial charge in [0.15, 0.2) is 0 Å². The fraction of sp³-hybridized carbons (Fsp3) is 0.381. The number of benzene rings is 2. The maximum Gasteiger partial charge on any atom is 0.248 e. The van der Waals surface area contributed by atoms with Gasteiger partial charge in [-0.25, -0.2) is 0 Å². The number of aryl methyl sites for hydroxylation is 1. The van der Waals surface area contributed by atoms with Gasteiger partial charge >= 0.3 is 0 Å². The lowest BCUT2D eigenvalue weighted by molar-refractivity contribution is 0.0678. The molecule has 1 saturated heterocycles. The quantitative estimate of drug-likeness (QED) is 0.740. The van der Waals surface area contributed by atoms with E-state index in [1.165, 1.54) is 11.1 Å². The highest BCUT2D eigenvalue weighted by molar-refractivity contribution is 9.10. The maximum absolute atomic E-state index is 11.5. The van der Waals surface area contributed by atoms with E-state index in [1.807, 2.05) is 18.2 Å². The third-order valence-electron chi connectivity index (χ3n) is 4.71. The van der Waals surface area contributed by atoms with Crippen molar-refractivity contribution in [3.05, 3.63) is 69.2 Å². The van der Waals surface area contributed by atoms with Crippen LogP contribution in [0.2, 0.25) is 0 Å². The van der Waals surface area contributed by atoms with Crippen LogP contribution in [-0.4, -0.2) is 30.1 Å². The van der Waals surface area contributed by atoms with Gasteiger partial charge in [0.05, 0.1) is 6.10 Å². The number of amides is 1. The first-order valence-electron chi connectivity index (χ1n) is 8.99. The highest BCUT2D eigenvalue weighted by Crippen LogP contribution is 2.23. The van der Waals surface area contributed by atoms with E-state index in [9.17, 15) is 4.79 Å². The Morgan fingerprint density at radius 3 is 2.81 bits per heavy atom. The van der Waals surface area contributed by atoms with Gasteiger partial charge in [0.1, 0.15) is 0 Å². The predicted octanol–water partition coefficient (Wildman–Crippen LogP) is 4.04. The third kappa shape index (κ3) is 5.16. The molecular weight excluding hydrogens is 392 g/mol. The summed E-state index contributed by atoms with van der Waals surface area (Å²) in [5.74, 6) is -0.390. The van der Waals surface area contributed by atoms with Crippen LogP contribution in [0.4, 0.5) is 0 Å². The maximum atomic E-state index is 11.5. The topological polar surface area (TPSA) is 55.6 Å². The zero-order chi connectivity index (χ0) is 18.5. The van der Waals surface area contributed by atoms with Crippen molar-refractivity contribution >= 4 is 21.8 Å². The number of nitrogens with zero attached hydrogens (tertiary/aromatic N) is 1. The van der Waals surface area contributed by atoms with Gasteiger partial charge in [-0.05, 0) is 54.7 Å². The molecule has 1 atom stereocenters. The predicted molar refractivity (Wildman–Crippen MR) is 107 cm³/mol. The van der Waals surface area contributed by atoms with Crippen LogP contribution in [0.25, 0.3) is 0 Å². The summed E-state index contributed by atoms with van der Waals surface area (Å²) in [4.78, 5) is 13.8. The van der Waals surface area contributed by atoms with Crippen molar-refractivity contribution in [1.29, 1.82) is 0 Å². The SMILES string of the molecule is Cc1ccc(CN(Cc2cccc(C(N)=O)c2)CC2CCCO2)c(Br)c1. The first-order chi connectivity index (χ1) is 12.5. The van der Waals surface area contributed by atoms with Gasteiger partial charge in [0.2, 0.25) is 5.91 Å². The van der Waals surface area contributed by atoms with Crippen LogP contribution in [0, 0.1) is 6.92 Å². The lowest BCUT2D eigenvalue weighted by atomic mass is 10.1. The van der Waals surface area contributed by atoms with Gasteiger partial charge in [-0.2, -0.15) is 0 Å². The Morgan fingerprint density at radius 2 is 2.12 bits per heavy atom. The van der Waals surface area contributed by atoms with E-state index in [4.69, 9.17) is 10.5 Å². The molecule has 1 amide bonds. The van der Waals surface area contributed by atoms with Crippen molar-refractivity contribution in [1.82, 2.24) is 4.90 Å². The average molecular weight is 417 g/mol. The molecule has 0 aliphatic carbocycles. The van der Waals surface area contributed by atoms with Gasteiger partial charge in [-0.3, -0.25) is 9.69 Å². The van der Waals surface area contributed by atoms with E-state index in [0.29, 0.717) is 5.56 Å². The molecule has 3 rings (SSSR count). The zero-order valence-electron chi connectivity index (χ0n) is 15.1. The summed E-state index contributed by atoms with van der Waals surface area (Å²) >= 11 is 3.69. The van der Waals surface area contributed by atoms with Crippen molar-refractivity contribution < 1.29 is 9.53 Å². The Morgan fingerprint density at radius 1 is 1.27 bits per heavy atom. The first-order valence-corrected chi connectivity index (χ1v) is 9.78. The van der Waals surface area contributed by atoms with Crippen LogP contribution in [0.15, 0.2) is 46.9 Å². The Bertz CT molecular complexity index is 772. The number of hydrogen-bond acceptors (Lipinski definition) is 3. The third-order valence-corrected chi connectivity index (χ3v) is 5.44. The monoisotopic (exact) mass is 416 g/mol. The largest absolute Gasteiger partial charge is 0.377 e. The number of primary amides is 1. The summed E-state index contributed by atoms with van der Waals surface area (Å²) in [6.07, 6.45) is 2.51. The standard InChI is InChI=1S/C21H25BrN2O2/c1-15-7-8-18(20(22)10-15)13-24(14-19-6-3-9-26-19)12-16-4-2-5-17(11-16)21(23)25/h2,4-5,7-8,10-11,19H,3,6,9,12-14H2,1H3,(H2,23,25). The Hall–Kier alpha value is -1.69. The van der Waals surface area contributed by atoms with E-state index in [0.717, 1.165) is 49.1 Å². The number of halogens is 1. The summed E-state index contributed by atoms with van der Waals surface area (Å²) in [6.45, 7) is 5.39. The number of ether oxygens (including phenoxy) is 1. The molecule has 0 saturated carbocycles. The highest BCUT2D eigenvalue weighted by atomic mass is 79.9. The minimum absolute atomic E-state index is 0.276. The van der Waals surface area contributed by atoms with Crippen LogP contribution < -0.4 is 5.73 Å². The van der Waals surface area contributed by atoms with E-state index < -0.39 is 0 Å². The molecule has 1 fully saturated rings. The number of carbonyl (C=O) groups excluding carboxylic acids is 1. The van der Waals surface area contributed by atoms with Crippen molar-refractivity contribution in [2.24, 2.45) is 5.73 Å². The molecule has 1 heterocycles. The lowest BCUT2D eigenvalue weighted by Gasteiger charge is -2.26. The fourth-order valence-corrected chi connectivity index (χ4v) is 3.98. The second-order valence-electron chi connectivity index (χ2n) is 6.96. The number of nitrogens with two attached hydrogens (primary N) is 1. The molecule has 0 aromatic heterocycles. The molecular formula is C21H25BrN2O2. The Balaban J connectivity index is 1.78. The van der Waals surface area contributed by atoms with Crippen molar-refractivity contribution in [2.75, 3.05) is 13.2 Å². The van der Waals surface area contributed by atoms with E-state index in [-0.39, 0.29) is 12.0 Å². The minimum Gasteiger partial charge on any atom is -0.377 e. The second-order valence-corrected chi connectivity index (χ2v) is 7.82. The average Bonchev–Trinajstić information content (AvgIpc) is 3.10. The molecule has 5 heteroatoms. The summed E-state index contributed by atoms with van der Waals surface area (Å²) in [7, 11) is 0. The van der Waals surface area contributed by atoms with E-state index in [1.54, 1.807) is 6.07 Å². The van der Waals surface area contributed by atoms with Gasteiger partial charge in [0.25, 0.3) is 0 Å². The van der Waals surface area contributed by atoms with Crippen LogP contribution in [-0.2, 0) is 17.8 Å². The Kier molecular flexibility index (Phi) is 6.46. The molecule has 1 unspecified atom stereocenters. The molecule has 2 aromatic rings. The molecule has 26 heavy (non-hydrogen) atoms. The van der Waals surface area contributed by atoms with Crippen molar-refractivity contribution in [3.63, 3.8) is 0 Å². The van der Waals surface area contributed by atoms with Crippen molar-refractivity contribution in [3.8, 4) is 0 Å². The van der Waals surface area contributed by atoms with Crippen molar-refractivity contribution in [2.45, 2.75) is 39.0 Å². The number of hydrogen-bond donors (Lipinski definition) is 1. The van der Waals surface area contributed by atoms with Gasteiger partial charge < -0.3 is 10.5 Å².